The Morgan fingerprint density at radius 1 is 1.55 bits per heavy atom. The van der Waals surface area contributed by atoms with Gasteiger partial charge in [-0.3, -0.25) is 4.79 Å². The molecule has 0 N–H and O–H groups in total. The Hall–Kier alpha value is -0.810. The largest absolute Gasteiger partial charge is 0.376 e. The molecule has 1 amide bonds. The van der Waals surface area contributed by atoms with E-state index in [-0.39, 0.29) is 18.1 Å². The molecule has 2 rings (SSSR count). The van der Waals surface area contributed by atoms with E-state index in [0.717, 1.165) is 29.6 Å². The molecule has 1 unspecified atom stereocenters. The topological polar surface area (TPSA) is 34.5 Å². The molecule has 0 spiro atoms. The number of aromatic nitrogens is 1. The Morgan fingerprint density at radius 2 is 2.30 bits per heavy atom. The minimum Gasteiger partial charge on any atom is -0.376 e. The maximum atomic E-state index is 12.6. The second kappa shape index (κ2) is 6.76. The van der Waals surface area contributed by atoms with E-state index < -0.39 is 0 Å². The van der Waals surface area contributed by atoms with E-state index in [0.29, 0.717) is 6.54 Å². The van der Waals surface area contributed by atoms with Crippen LogP contribution in [0.5, 0.6) is 0 Å². The summed E-state index contributed by atoms with van der Waals surface area (Å²) in [6.07, 6.45) is 5.52. The highest BCUT2D eigenvalue weighted by molar-refractivity contribution is 9.10. The zero-order valence-electron chi connectivity index (χ0n) is 12.4. The van der Waals surface area contributed by atoms with Crippen molar-refractivity contribution in [3.63, 3.8) is 0 Å². The van der Waals surface area contributed by atoms with Crippen LogP contribution in [0.15, 0.2) is 16.7 Å². The number of rotatable bonds is 4. The highest BCUT2D eigenvalue weighted by Gasteiger charge is 2.22. The van der Waals surface area contributed by atoms with Gasteiger partial charge in [0.1, 0.15) is 5.69 Å². The molecule has 1 aromatic heterocycles. The molecule has 2 heterocycles. The number of halogens is 1. The van der Waals surface area contributed by atoms with Crippen molar-refractivity contribution in [2.45, 2.75) is 45.3 Å². The van der Waals surface area contributed by atoms with Gasteiger partial charge in [-0.25, -0.2) is 0 Å². The van der Waals surface area contributed by atoms with E-state index >= 15 is 0 Å². The fourth-order valence-electron chi connectivity index (χ4n) is 2.58. The van der Waals surface area contributed by atoms with Crippen LogP contribution in [0.4, 0.5) is 0 Å². The molecule has 0 aliphatic carbocycles. The number of carbonyl (C=O) groups excluding carboxylic acids is 1. The predicted octanol–water partition coefficient (Wildman–Crippen LogP) is 3.47. The van der Waals surface area contributed by atoms with Crippen LogP contribution < -0.4 is 0 Å². The second-order valence-corrected chi connectivity index (χ2v) is 6.63. The van der Waals surface area contributed by atoms with Crippen LogP contribution in [0.1, 0.15) is 49.6 Å². The molecule has 1 saturated heterocycles. The molecule has 5 heteroatoms. The van der Waals surface area contributed by atoms with Gasteiger partial charge in [-0.1, -0.05) is 0 Å². The summed E-state index contributed by atoms with van der Waals surface area (Å²) in [5.41, 5.74) is 0.727. The van der Waals surface area contributed by atoms with Crippen molar-refractivity contribution < 1.29 is 9.53 Å². The van der Waals surface area contributed by atoms with Crippen molar-refractivity contribution in [1.82, 2.24) is 9.47 Å². The molecule has 0 saturated carbocycles. The molecular formula is C15H23BrN2O2. The molecule has 1 atom stereocenters. The minimum absolute atomic E-state index is 0.0542. The van der Waals surface area contributed by atoms with Crippen molar-refractivity contribution in [3.05, 3.63) is 22.4 Å². The first kappa shape index (κ1) is 15.6. The molecule has 0 bridgehead atoms. The Morgan fingerprint density at radius 3 is 2.90 bits per heavy atom. The van der Waals surface area contributed by atoms with Crippen molar-refractivity contribution >= 4 is 21.8 Å². The normalized spacial score (nSPS) is 19.4. The molecule has 1 aliphatic heterocycles. The lowest BCUT2D eigenvalue weighted by atomic mass is 10.1. The molecule has 112 valence electrons. The number of ether oxygens (including phenoxy) is 1. The first-order valence-electron chi connectivity index (χ1n) is 7.23. The standard InChI is InChI=1S/C15H23BrN2O2/c1-11(2)18-9-12(16)8-14(18)15(19)17(3)10-13-6-4-5-7-20-13/h8-9,11,13H,4-7,10H2,1-3H3. The Bertz CT molecular complexity index is 464. The van der Waals surface area contributed by atoms with Gasteiger partial charge in [0, 0.05) is 36.9 Å². The van der Waals surface area contributed by atoms with Gasteiger partial charge in [0.05, 0.1) is 6.10 Å². The molecule has 0 aromatic carbocycles. The van der Waals surface area contributed by atoms with Crippen LogP contribution >= 0.6 is 15.9 Å². The van der Waals surface area contributed by atoms with Crippen LogP contribution in [0.2, 0.25) is 0 Å². The fourth-order valence-corrected chi connectivity index (χ4v) is 3.02. The highest BCUT2D eigenvalue weighted by atomic mass is 79.9. The van der Waals surface area contributed by atoms with Gasteiger partial charge in [0.25, 0.3) is 5.91 Å². The summed E-state index contributed by atoms with van der Waals surface area (Å²) in [5.74, 6) is 0.0542. The van der Waals surface area contributed by atoms with Crippen LogP contribution in [-0.4, -0.2) is 41.7 Å². The number of amides is 1. The Kier molecular flexibility index (Phi) is 5.27. The summed E-state index contributed by atoms with van der Waals surface area (Å²) >= 11 is 3.45. The molecule has 20 heavy (non-hydrogen) atoms. The van der Waals surface area contributed by atoms with Crippen LogP contribution in [0.25, 0.3) is 0 Å². The van der Waals surface area contributed by atoms with Gasteiger partial charge < -0.3 is 14.2 Å². The van der Waals surface area contributed by atoms with Gasteiger partial charge in [0.2, 0.25) is 0 Å². The van der Waals surface area contributed by atoms with E-state index in [1.54, 1.807) is 4.90 Å². The van der Waals surface area contributed by atoms with E-state index in [2.05, 4.69) is 29.8 Å². The number of hydrogen-bond acceptors (Lipinski definition) is 2. The molecular weight excluding hydrogens is 320 g/mol. The van der Waals surface area contributed by atoms with E-state index in [9.17, 15) is 4.79 Å². The first-order chi connectivity index (χ1) is 9.49. The summed E-state index contributed by atoms with van der Waals surface area (Å²) in [6.45, 7) is 5.64. The van der Waals surface area contributed by atoms with Crippen molar-refractivity contribution in [2.24, 2.45) is 0 Å². The summed E-state index contributed by atoms with van der Waals surface area (Å²) in [6, 6.07) is 2.15. The van der Waals surface area contributed by atoms with E-state index in [1.807, 2.05) is 23.9 Å². The highest BCUT2D eigenvalue weighted by Crippen LogP contribution is 2.21. The van der Waals surface area contributed by atoms with Gasteiger partial charge in [-0.05, 0) is 55.1 Å². The average molecular weight is 343 g/mol. The monoisotopic (exact) mass is 342 g/mol. The molecule has 1 aliphatic rings. The second-order valence-electron chi connectivity index (χ2n) is 5.72. The van der Waals surface area contributed by atoms with Crippen LogP contribution in [0, 0.1) is 0 Å². The van der Waals surface area contributed by atoms with Crippen molar-refractivity contribution in [1.29, 1.82) is 0 Å². The lowest BCUT2D eigenvalue weighted by molar-refractivity contribution is -0.000393. The van der Waals surface area contributed by atoms with Gasteiger partial charge in [-0.15, -0.1) is 0 Å². The predicted molar refractivity (Wildman–Crippen MR) is 83.1 cm³/mol. The Balaban J connectivity index is 2.06. The fraction of sp³-hybridized carbons (Fsp3) is 0.667. The minimum atomic E-state index is 0.0542. The lowest BCUT2D eigenvalue weighted by Crippen LogP contribution is -2.38. The molecule has 0 radical (unpaired) electrons. The van der Waals surface area contributed by atoms with Gasteiger partial charge in [-0.2, -0.15) is 0 Å². The quantitative estimate of drug-likeness (QED) is 0.839. The number of likely N-dealkylation sites (N-methyl/N-ethyl adjacent to an activating group) is 1. The number of carbonyl (C=O) groups is 1. The third-order valence-electron chi connectivity index (χ3n) is 3.69. The average Bonchev–Trinajstić information content (AvgIpc) is 2.81. The lowest BCUT2D eigenvalue weighted by Gasteiger charge is -2.28. The Labute approximate surface area is 129 Å². The number of nitrogens with zero attached hydrogens (tertiary/aromatic N) is 2. The van der Waals surface area contributed by atoms with Gasteiger partial charge >= 0.3 is 0 Å². The first-order valence-corrected chi connectivity index (χ1v) is 8.02. The third kappa shape index (κ3) is 3.64. The summed E-state index contributed by atoms with van der Waals surface area (Å²) < 4.78 is 8.65. The maximum Gasteiger partial charge on any atom is 0.270 e. The van der Waals surface area contributed by atoms with Gasteiger partial charge in [0.15, 0.2) is 0 Å². The summed E-state index contributed by atoms with van der Waals surface area (Å²) in [7, 11) is 1.85. The third-order valence-corrected chi connectivity index (χ3v) is 4.12. The summed E-state index contributed by atoms with van der Waals surface area (Å²) in [5, 5.41) is 0. The van der Waals surface area contributed by atoms with E-state index in [1.165, 1.54) is 6.42 Å². The molecule has 4 nitrogen and oxygen atoms in total. The molecule has 1 aromatic rings. The summed E-state index contributed by atoms with van der Waals surface area (Å²) in [4.78, 5) is 14.4. The number of hydrogen-bond donors (Lipinski definition) is 0. The zero-order chi connectivity index (χ0) is 14.7. The molecule has 1 fully saturated rings. The SMILES string of the molecule is CC(C)n1cc(Br)cc1C(=O)N(C)CC1CCCCO1. The van der Waals surface area contributed by atoms with Crippen LogP contribution in [0.3, 0.4) is 0 Å². The zero-order valence-corrected chi connectivity index (χ0v) is 14.0. The van der Waals surface area contributed by atoms with Crippen LogP contribution in [-0.2, 0) is 4.74 Å². The van der Waals surface area contributed by atoms with E-state index in [4.69, 9.17) is 4.74 Å². The van der Waals surface area contributed by atoms with Crippen molar-refractivity contribution in [2.75, 3.05) is 20.2 Å². The maximum absolute atomic E-state index is 12.6. The van der Waals surface area contributed by atoms with Crippen molar-refractivity contribution in [3.8, 4) is 0 Å². The smallest absolute Gasteiger partial charge is 0.270 e.